The van der Waals surface area contributed by atoms with Gasteiger partial charge in [0.1, 0.15) is 18.1 Å². The molecule has 0 bridgehead atoms. The van der Waals surface area contributed by atoms with E-state index in [9.17, 15) is 0 Å². The van der Waals surface area contributed by atoms with Crippen molar-refractivity contribution in [2.75, 3.05) is 32.8 Å². The van der Waals surface area contributed by atoms with Crippen LogP contribution in [-0.2, 0) is 0 Å². The highest BCUT2D eigenvalue weighted by molar-refractivity contribution is 5.31. The molecule has 0 amide bonds. The summed E-state index contributed by atoms with van der Waals surface area (Å²) in [6, 6.07) is 7.68. The Morgan fingerprint density at radius 3 is 2.29 bits per heavy atom. The molecule has 96 valence electrons. The van der Waals surface area contributed by atoms with E-state index in [-0.39, 0.29) is 0 Å². The Morgan fingerprint density at radius 2 is 1.71 bits per heavy atom. The Hall–Kier alpha value is -1.26. The first-order valence-electron chi connectivity index (χ1n) is 6.13. The molecule has 3 N–H and O–H groups in total. The Labute approximate surface area is 103 Å². The summed E-state index contributed by atoms with van der Waals surface area (Å²) in [5, 5.41) is 3.26. The van der Waals surface area contributed by atoms with Gasteiger partial charge in [-0.15, -0.1) is 0 Å². The number of hydrogen-bond donors (Lipinski definition) is 2. The van der Waals surface area contributed by atoms with Crippen LogP contribution >= 0.6 is 0 Å². The van der Waals surface area contributed by atoms with Gasteiger partial charge in [-0.2, -0.15) is 0 Å². The Balaban J connectivity index is 2.14. The molecule has 1 aromatic rings. The molecule has 0 aromatic heterocycles. The van der Waals surface area contributed by atoms with Gasteiger partial charge < -0.3 is 20.5 Å². The number of hydrogen-bond acceptors (Lipinski definition) is 4. The third kappa shape index (κ3) is 6.14. The molecule has 0 heterocycles. The van der Waals surface area contributed by atoms with Gasteiger partial charge in [-0.3, -0.25) is 0 Å². The van der Waals surface area contributed by atoms with Crippen molar-refractivity contribution in [3.8, 4) is 11.5 Å². The van der Waals surface area contributed by atoms with Gasteiger partial charge in [0.2, 0.25) is 0 Å². The zero-order valence-electron chi connectivity index (χ0n) is 10.4. The molecule has 4 nitrogen and oxygen atoms in total. The largest absolute Gasteiger partial charge is 0.494 e. The average molecular weight is 238 g/mol. The SMILES string of the molecule is CCOc1ccc(OCCNCCCN)cc1. The van der Waals surface area contributed by atoms with E-state index in [1.165, 1.54) is 0 Å². The van der Waals surface area contributed by atoms with Gasteiger partial charge in [-0.25, -0.2) is 0 Å². The van der Waals surface area contributed by atoms with Gasteiger partial charge in [0.15, 0.2) is 0 Å². The van der Waals surface area contributed by atoms with Gasteiger partial charge in [0, 0.05) is 6.54 Å². The summed E-state index contributed by atoms with van der Waals surface area (Å²) in [6.45, 7) is 5.84. The summed E-state index contributed by atoms with van der Waals surface area (Å²) in [7, 11) is 0. The Morgan fingerprint density at radius 1 is 1.06 bits per heavy atom. The fourth-order valence-corrected chi connectivity index (χ4v) is 1.39. The predicted octanol–water partition coefficient (Wildman–Crippen LogP) is 1.40. The molecule has 0 spiro atoms. The lowest BCUT2D eigenvalue weighted by Crippen LogP contribution is -2.23. The standard InChI is InChI=1S/C13H22N2O2/c1-2-16-12-4-6-13(7-5-12)17-11-10-15-9-3-8-14/h4-7,15H,2-3,8-11,14H2,1H3. The third-order valence-corrected chi connectivity index (χ3v) is 2.24. The van der Waals surface area contributed by atoms with Crippen LogP contribution in [0.2, 0.25) is 0 Å². The topological polar surface area (TPSA) is 56.5 Å². The maximum absolute atomic E-state index is 5.57. The fourth-order valence-electron chi connectivity index (χ4n) is 1.39. The molecule has 0 saturated carbocycles. The maximum atomic E-state index is 5.57. The van der Waals surface area contributed by atoms with Crippen LogP contribution in [0.1, 0.15) is 13.3 Å². The monoisotopic (exact) mass is 238 g/mol. The lowest BCUT2D eigenvalue weighted by Gasteiger charge is -2.08. The Kier molecular flexibility index (Phi) is 7.18. The molecule has 0 aliphatic carbocycles. The summed E-state index contributed by atoms with van der Waals surface area (Å²) in [6.07, 6.45) is 1.00. The second-order valence-electron chi connectivity index (χ2n) is 3.65. The van der Waals surface area contributed by atoms with Crippen LogP contribution in [0.5, 0.6) is 11.5 Å². The number of nitrogens with one attached hydrogen (secondary N) is 1. The molecule has 0 radical (unpaired) electrons. The van der Waals surface area contributed by atoms with Crippen LogP contribution in [0.3, 0.4) is 0 Å². The van der Waals surface area contributed by atoms with Crippen molar-refractivity contribution in [1.82, 2.24) is 5.32 Å². The lowest BCUT2D eigenvalue weighted by molar-refractivity contribution is 0.311. The van der Waals surface area contributed by atoms with Crippen molar-refractivity contribution in [2.45, 2.75) is 13.3 Å². The van der Waals surface area contributed by atoms with Crippen molar-refractivity contribution in [3.05, 3.63) is 24.3 Å². The van der Waals surface area contributed by atoms with Crippen LogP contribution in [0.25, 0.3) is 0 Å². The number of nitrogens with two attached hydrogens (primary N) is 1. The summed E-state index contributed by atoms with van der Waals surface area (Å²) < 4.78 is 10.9. The van der Waals surface area contributed by atoms with Crippen LogP contribution in [0, 0.1) is 0 Å². The molecule has 1 aromatic carbocycles. The zero-order valence-corrected chi connectivity index (χ0v) is 10.4. The highest BCUT2D eigenvalue weighted by Gasteiger charge is 1.95. The molecule has 1 rings (SSSR count). The van der Waals surface area contributed by atoms with Gasteiger partial charge in [-0.05, 0) is 50.7 Å². The minimum Gasteiger partial charge on any atom is -0.494 e. The van der Waals surface area contributed by atoms with Crippen molar-refractivity contribution in [2.24, 2.45) is 5.73 Å². The zero-order chi connectivity index (χ0) is 12.3. The molecule has 17 heavy (non-hydrogen) atoms. The van der Waals surface area contributed by atoms with Gasteiger partial charge in [0.05, 0.1) is 6.61 Å². The first-order chi connectivity index (χ1) is 8.36. The highest BCUT2D eigenvalue weighted by Crippen LogP contribution is 2.17. The van der Waals surface area contributed by atoms with Crippen LogP contribution < -0.4 is 20.5 Å². The fraction of sp³-hybridized carbons (Fsp3) is 0.538. The predicted molar refractivity (Wildman–Crippen MR) is 69.6 cm³/mol. The Bertz CT molecular complexity index is 288. The summed E-state index contributed by atoms with van der Waals surface area (Å²) >= 11 is 0. The van der Waals surface area contributed by atoms with E-state index >= 15 is 0 Å². The highest BCUT2D eigenvalue weighted by atomic mass is 16.5. The normalized spacial score (nSPS) is 10.2. The smallest absolute Gasteiger partial charge is 0.119 e. The molecule has 0 atom stereocenters. The van der Waals surface area contributed by atoms with Crippen molar-refractivity contribution < 1.29 is 9.47 Å². The molecule has 4 heteroatoms. The molecule has 0 fully saturated rings. The van der Waals surface area contributed by atoms with E-state index in [0.717, 1.165) is 37.6 Å². The van der Waals surface area contributed by atoms with Crippen LogP contribution in [0.4, 0.5) is 0 Å². The van der Waals surface area contributed by atoms with Crippen molar-refractivity contribution in [3.63, 3.8) is 0 Å². The minimum atomic E-state index is 0.665. The van der Waals surface area contributed by atoms with E-state index in [4.69, 9.17) is 15.2 Å². The van der Waals surface area contributed by atoms with E-state index < -0.39 is 0 Å². The molecule has 0 saturated heterocycles. The molecule has 0 aliphatic heterocycles. The van der Waals surface area contributed by atoms with Crippen LogP contribution in [0.15, 0.2) is 24.3 Å². The van der Waals surface area contributed by atoms with E-state index in [2.05, 4.69) is 5.32 Å². The summed E-state index contributed by atoms with van der Waals surface area (Å²) in [4.78, 5) is 0. The van der Waals surface area contributed by atoms with E-state index in [1.807, 2.05) is 31.2 Å². The number of benzene rings is 1. The molecular weight excluding hydrogens is 216 g/mol. The maximum Gasteiger partial charge on any atom is 0.119 e. The molecule has 0 aliphatic rings. The lowest BCUT2D eigenvalue weighted by atomic mass is 10.3. The van der Waals surface area contributed by atoms with Crippen molar-refractivity contribution in [1.29, 1.82) is 0 Å². The minimum absolute atomic E-state index is 0.665. The summed E-state index contributed by atoms with van der Waals surface area (Å²) in [5.41, 5.74) is 5.39. The average Bonchev–Trinajstić information content (AvgIpc) is 2.36. The first-order valence-corrected chi connectivity index (χ1v) is 6.13. The number of ether oxygens (including phenoxy) is 2. The van der Waals surface area contributed by atoms with Gasteiger partial charge in [-0.1, -0.05) is 0 Å². The van der Waals surface area contributed by atoms with E-state index in [0.29, 0.717) is 13.2 Å². The second kappa shape index (κ2) is 8.84. The summed E-state index contributed by atoms with van der Waals surface area (Å²) in [5.74, 6) is 1.75. The molecule has 0 unspecified atom stereocenters. The quantitative estimate of drug-likeness (QED) is 0.639. The first kappa shape index (κ1) is 13.8. The van der Waals surface area contributed by atoms with E-state index in [1.54, 1.807) is 0 Å². The van der Waals surface area contributed by atoms with Gasteiger partial charge >= 0.3 is 0 Å². The second-order valence-corrected chi connectivity index (χ2v) is 3.65. The molecular formula is C13H22N2O2. The third-order valence-electron chi connectivity index (χ3n) is 2.24. The number of rotatable bonds is 9. The van der Waals surface area contributed by atoms with Gasteiger partial charge in [0.25, 0.3) is 0 Å². The van der Waals surface area contributed by atoms with Crippen molar-refractivity contribution >= 4 is 0 Å². The van der Waals surface area contributed by atoms with Crippen LogP contribution in [-0.4, -0.2) is 32.8 Å².